The van der Waals surface area contributed by atoms with Crippen molar-refractivity contribution in [3.8, 4) is 11.5 Å². The van der Waals surface area contributed by atoms with Crippen molar-refractivity contribution in [2.24, 2.45) is 0 Å². The van der Waals surface area contributed by atoms with Crippen LogP contribution in [0.25, 0.3) is 0 Å². The van der Waals surface area contributed by atoms with Crippen molar-refractivity contribution in [3.05, 3.63) is 83.7 Å². The molecule has 136 valence electrons. The molecule has 2 aromatic carbocycles. The highest BCUT2D eigenvalue weighted by Crippen LogP contribution is 2.40. The van der Waals surface area contributed by atoms with E-state index in [0.717, 1.165) is 5.56 Å². The van der Waals surface area contributed by atoms with E-state index >= 15 is 0 Å². The summed E-state index contributed by atoms with van der Waals surface area (Å²) in [6, 6.07) is 17.8. The standard InChI is InChI=1S/C21H19N3O3/c22-16-9-8-14(13-17(16)25)20(26)24-21(15-5-2-1-3-6-15)10-12-27-18-7-4-11-23-19(18)21/h1-9,11,13,25H,10,12,22H2,(H,24,26). The minimum atomic E-state index is -0.829. The molecule has 0 bridgehead atoms. The second-order valence-electron chi connectivity index (χ2n) is 6.45. The number of pyridine rings is 1. The molecule has 0 aliphatic carbocycles. The third-order valence-electron chi connectivity index (χ3n) is 4.80. The lowest BCUT2D eigenvalue weighted by molar-refractivity contribution is 0.0883. The first kappa shape index (κ1) is 16.9. The Bertz CT molecular complexity index is 991. The predicted molar refractivity (Wildman–Crippen MR) is 102 cm³/mol. The number of phenols is 1. The number of nitrogens with one attached hydrogen (secondary N) is 1. The van der Waals surface area contributed by atoms with Crippen molar-refractivity contribution in [2.45, 2.75) is 12.0 Å². The summed E-state index contributed by atoms with van der Waals surface area (Å²) in [5, 5.41) is 13.0. The summed E-state index contributed by atoms with van der Waals surface area (Å²) in [5.74, 6) is 0.197. The van der Waals surface area contributed by atoms with E-state index < -0.39 is 5.54 Å². The molecular formula is C21H19N3O3. The van der Waals surface area contributed by atoms with Crippen molar-refractivity contribution in [3.63, 3.8) is 0 Å². The Hall–Kier alpha value is -3.54. The Labute approximate surface area is 156 Å². The van der Waals surface area contributed by atoms with Crippen LogP contribution in [0.1, 0.15) is 28.0 Å². The summed E-state index contributed by atoms with van der Waals surface area (Å²) in [4.78, 5) is 17.6. The molecule has 1 unspecified atom stereocenters. The van der Waals surface area contributed by atoms with E-state index in [0.29, 0.717) is 30.0 Å². The van der Waals surface area contributed by atoms with Crippen LogP contribution in [0.15, 0.2) is 66.9 Å². The lowest BCUT2D eigenvalue weighted by atomic mass is 9.81. The number of hydrogen-bond acceptors (Lipinski definition) is 5. The van der Waals surface area contributed by atoms with Gasteiger partial charge < -0.3 is 20.9 Å². The first-order chi connectivity index (χ1) is 13.1. The predicted octanol–water partition coefficient (Wildman–Crippen LogP) is 2.83. The van der Waals surface area contributed by atoms with E-state index in [1.165, 1.54) is 12.1 Å². The van der Waals surface area contributed by atoms with Gasteiger partial charge in [0.2, 0.25) is 0 Å². The van der Waals surface area contributed by atoms with Gasteiger partial charge in [-0.05, 0) is 35.9 Å². The average Bonchev–Trinajstić information content (AvgIpc) is 2.71. The summed E-state index contributed by atoms with van der Waals surface area (Å²) in [7, 11) is 0. The molecule has 0 saturated carbocycles. The number of nitrogens with zero attached hydrogens (tertiary/aromatic N) is 1. The van der Waals surface area contributed by atoms with E-state index in [2.05, 4.69) is 10.3 Å². The summed E-state index contributed by atoms with van der Waals surface area (Å²) in [6.07, 6.45) is 2.22. The molecule has 1 aliphatic heterocycles. The largest absolute Gasteiger partial charge is 0.506 e. The molecular weight excluding hydrogens is 342 g/mol. The van der Waals surface area contributed by atoms with Crippen molar-refractivity contribution in [1.82, 2.24) is 10.3 Å². The number of amides is 1. The van der Waals surface area contributed by atoms with Crippen LogP contribution >= 0.6 is 0 Å². The van der Waals surface area contributed by atoms with E-state index in [-0.39, 0.29) is 17.3 Å². The fourth-order valence-electron chi connectivity index (χ4n) is 3.41. The topological polar surface area (TPSA) is 97.5 Å². The molecule has 1 amide bonds. The maximum atomic E-state index is 13.0. The number of nitrogens with two attached hydrogens (primary N) is 1. The summed E-state index contributed by atoms with van der Waals surface area (Å²) < 4.78 is 5.75. The Morgan fingerprint density at radius 2 is 1.96 bits per heavy atom. The number of ether oxygens (including phenoxy) is 1. The molecule has 0 saturated heterocycles. The number of aromatic nitrogens is 1. The van der Waals surface area contributed by atoms with E-state index in [9.17, 15) is 9.90 Å². The van der Waals surface area contributed by atoms with Gasteiger partial charge >= 0.3 is 0 Å². The zero-order valence-electron chi connectivity index (χ0n) is 14.6. The van der Waals surface area contributed by atoms with Gasteiger partial charge in [-0.2, -0.15) is 0 Å². The van der Waals surface area contributed by atoms with Crippen LogP contribution in [-0.2, 0) is 5.54 Å². The van der Waals surface area contributed by atoms with Gasteiger partial charge in [-0.25, -0.2) is 0 Å². The van der Waals surface area contributed by atoms with E-state index in [4.69, 9.17) is 10.5 Å². The van der Waals surface area contributed by atoms with Gasteiger partial charge in [0.15, 0.2) is 0 Å². The Balaban J connectivity index is 1.81. The molecule has 0 spiro atoms. The number of fused-ring (bicyclic) bond motifs is 1. The molecule has 1 aromatic heterocycles. The van der Waals surface area contributed by atoms with Crippen LogP contribution in [0.5, 0.6) is 11.5 Å². The normalized spacial score (nSPS) is 18.2. The minimum Gasteiger partial charge on any atom is -0.506 e. The van der Waals surface area contributed by atoms with Gasteiger partial charge in [0.25, 0.3) is 5.91 Å². The number of phenolic OH excluding ortho intramolecular Hbond substituents is 1. The molecule has 1 atom stereocenters. The zero-order valence-corrected chi connectivity index (χ0v) is 14.6. The Morgan fingerprint density at radius 1 is 1.15 bits per heavy atom. The molecule has 6 nitrogen and oxygen atoms in total. The summed E-state index contributed by atoms with van der Waals surface area (Å²) >= 11 is 0. The monoisotopic (exact) mass is 361 g/mol. The van der Waals surface area contributed by atoms with Crippen molar-refractivity contribution >= 4 is 11.6 Å². The Kier molecular flexibility index (Phi) is 4.16. The number of aromatic hydroxyl groups is 1. The van der Waals surface area contributed by atoms with Gasteiger partial charge in [-0.1, -0.05) is 30.3 Å². The number of carbonyl (C=O) groups is 1. The zero-order chi connectivity index (χ0) is 18.9. The fraction of sp³-hybridized carbons (Fsp3) is 0.143. The smallest absolute Gasteiger partial charge is 0.252 e. The fourth-order valence-corrected chi connectivity index (χ4v) is 3.41. The van der Waals surface area contributed by atoms with Crippen LogP contribution in [0.4, 0.5) is 5.69 Å². The number of rotatable bonds is 3. The maximum Gasteiger partial charge on any atom is 0.252 e. The first-order valence-corrected chi connectivity index (χ1v) is 8.65. The molecule has 6 heteroatoms. The van der Waals surface area contributed by atoms with Crippen molar-refractivity contribution in [2.75, 3.05) is 12.3 Å². The lowest BCUT2D eigenvalue weighted by Crippen LogP contribution is -2.50. The molecule has 2 heterocycles. The van der Waals surface area contributed by atoms with Crippen LogP contribution in [0.3, 0.4) is 0 Å². The van der Waals surface area contributed by atoms with Crippen molar-refractivity contribution < 1.29 is 14.6 Å². The van der Waals surface area contributed by atoms with E-state index in [1.54, 1.807) is 18.3 Å². The lowest BCUT2D eigenvalue weighted by Gasteiger charge is -2.39. The molecule has 27 heavy (non-hydrogen) atoms. The van der Waals surface area contributed by atoms with Gasteiger partial charge in [-0.15, -0.1) is 0 Å². The van der Waals surface area contributed by atoms with Gasteiger partial charge in [0, 0.05) is 18.2 Å². The highest BCUT2D eigenvalue weighted by atomic mass is 16.5. The second kappa shape index (κ2) is 6.64. The van der Waals surface area contributed by atoms with Gasteiger partial charge in [-0.3, -0.25) is 9.78 Å². The molecule has 3 aromatic rings. The molecule has 4 N–H and O–H groups in total. The molecule has 1 aliphatic rings. The quantitative estimate of drug-likeness (QED) is 0.492. The first-order valence-electron chi connectivity index (χ1n) is 8.65. The van der Waals surface area contributed by atoms with Crippen LogP contribution < -0.4 is 15.8 Å². The maximum absolute atomic E-state index is 13.0. The molecule has 0 fully saturated rings. The van der Waals surface area contributed by atoms with Gasteiger partial charge in [0.05, 0.1) is 12.3 Å². The number of hydrogen-bond donors (Lipinski definition) is 3. The SMILES string of the molecule is Nc1ccc(C(=O)NC2(c3ccccc3)CCOc3cccnc32)cc1O. The molecule has 4 rings (SSSR count). The number of anilines is 1. The number of carbonyl (C=O) groups excluding carboxylic acids is 1. The summed E-state index contributed by atoms with van der Waals surface area (Å²) in [6.45, 7) is 0.445. The average molecular weight is 361 g/mol. The van der Waals surface area contributed by atoms with Gasteiger partial charge in [0.1, 0.15) is 22.7 Å². The highest BCUT2D eigenvalue weighted by Gasteiger charge is 2.42. The third-order valence-corrected chi connectivity index (χ3v) is 4.80. The Morgan fingerprint density at radius 3 is 2.74 bits per heavy atom. The molecule has 0 radical (unpaired) electrons. The van der Waals surface area contributed by atoms with Crippen LogP contribution in [-0.4, -0.2) is 22.6 Å². The number of benzene rings is 2. The number of nitrogen functional groups attached to an aromatic ring is 1. The summed E-state index contributed by atoms with van der Waals surface area (Å²) in [5.41, 5.74) is 6.94. The van der Waals surface area contributed by atoms with Crippen LogP contribution in [0, 0.1) is 0 Å². The van der Waals surface area contributed by atoms with Crippen molar-refractivity contribution in [1.29, 1.82) is 0 Å². The van der Waals surface area contributed by atoms with Crippen LogP contribution in [0.2, 0.25) is 0 Å². The second-order valence-corrected chi connectivity index (χ2v) is 6.45. The third kappa shape index (κ3) is 2.95. The van der Waals surface area contributed by atoms with E-state index in [1.807, 2.05) is 36.4 Å². The highest BCUT2D eigenvalue weighted by molar-refractivity contribution is 5.96. The minimum absolute atomic E-state index is 0.123.